The van der Waals surface area contributed by atoms with Gasteiger partial charge in [-0.3, -0.25) is 47.9 Å². The SMILES string of the molecule is NCCC[C@@H]1NC(=O)[C@H](CC(=O)O)NC(=O)[C@@H]2CCCN2C(=O)[C@@H](Cc2ccccc2)NC(=O)[C@H](Cc2c[nH]c3ccccc23)NC(=O)[C@H](CCCN)NC(=O)[C@@H]2CCCN2C(=O)[C@@H](Cc2ccccc2)NC(=O)[C@H](Cc2c[nH]c3ccccc23)NC1=O. The molecule has 2 aromatic heterocycles. The smallest absolute Gasteiger partial charge is 0.305 e. The number of rotatable bonds is 16. The van der Waals surface area contributed by atoms with Crippen LogP contribution >= 0.6 is 0 Å². The molecule has 0 bridgehead atoms. The van der Waals surface area contributed by atoms with Crippen molar-refractivity contribution in [2.75, 3.05) is 26.2 Å². The number of hydrogen-bond acceptors (Lipinski definition) is 12. The van der Waals surface area contributed by atoms with Crippen molar-refractivity contribution in [1.82, 2.24) is 57.0 Å². The maximum absolute atomic E-state index is 15.2. The van der Waals surface area contributed by atoms with Crippen LogP contribution in [0.1, 0.15) is 80.0 Å². The third-order valence-corrected chi connectivity index (χ3v) is 16.6. The maximum atomic E-state index is 15.2. The zero-order valence-corrected chi connectivity index (χ0v) is 48.8. The number of aromatic amines is 2. The molecule has 464 valence electrons. The third-order valence-electron chi connectivity index (χ3n) is 16.6. The first-order chi connectivity index (χ1) is 42.6. The first-order valence-corrected chi connectivity index (χ1v) is 30.1. The summed E-state index contributed by atoms with van der Waals surface area (Å²) in [6.07, 6.45) is 3.49. The van der Waals surface area contributed by atoms with E-state index in [0.717, 1.165) is 21.8 Å². The van der Waals surface area contributed by atoms with Crippen molar-refractivity contribution in [2.45, 2.75) is 138 Å². The molecule has 24 heteroatoms. The second-order valence-electron chi connectivity index (χ2n) is 22.8. The molecular weight excluding hydrogens is 1130 g/mol. The molecule has 0 unspecified atom stereocenters. The van der Waals surface area contributed by atoms with Crippen molar-refractivity contribution in [3.63, 3.8) is 0 Å². The molecule has 9 rings (SSSR count). The van der Waals surface area contributed by atoms with Gasteiger partial charge in [-0.2, -0.15) is 0 Å². The molecule has 9 amide bonds. The first kappa shape index (κ1) is 63.1. The third kappa shape index (κ3) is 15.8. The number of aromatic nitrogens is 2. The van der Waals surface area contributed by atoms with Gasteiger partial charge in [-0.15, -0.1) is 0 Å². The zero-order valence-electron chi connectivity index (χ0n) is 48.8. The Bertz CT molecular complexity index is 3480. The highest BCUT2D eigenvalue weighted by molar-refractivity contribution is 6.01. The molecule has 4 aromatic carbocycles. The van der Waals surface area contributed by atoms with Gasteiger partial charge in [0.2, 0.25) is 53.2 Å². The molecule has 88 heavy (non-hydrogen) atoms. The predicted octanol–water partition coefficient (Wildman–Crippen LogP) is 1.26. The number of para-hydroxylation sites is 2. The molecule has 0 aliphatic carbocycles. The summed E-state index contributed by atoms with van der Waals surface area (Å²) < 4.78 is 0. The Morgan fingerprint density at radius 3 is 1.20 bits per heavy atom. The number of carboxylic acid groups (broad SMARTS) is 1. The molecule has 3 fully saturated rings. The lowest BCUT2D eigenvalue weighted by atomic mass is 10.0. The van der Waals surface area contributed by atoms with E-state index in [9.17, 15) is 33.9 Å². The highest BCUT2D eigenvalue weighted by Gasteiger charge is 2.43. The number of carboxylic acids is 1. The lowest BCUT2D eigenvalue weighted by Gasteiger charge is -2.31. The quantitative estimate of drug-likeness (QED) is 0.0651. The van der Waals surface area contributed by atoms with Crippen molar-refractivity contribution >= 4 is 80.9 Å². The van der Waals surface area contributed by atoms with Gasteiger partial charge in [0, 0.05) is 73.0 Å². The molecule has 9 atom stereocenters. The van der Waals surface area contributed by atoms with Crippen LogP contribution in [0.3, 0.4) is 0 Å². The number of carbonyl (C=O) groups is 10. The van der Waals surface area contributed by atoms with Gasteiger partial charge in [-0.25, -0.2) is 0 Å². The molecule has 5 heterocycles. The topological polar surface area (TPSA) is 365 Å². The molecule has 3 saturated heterocycles. The number of nitrogens with zero attached hydrogens (tertiary/aromatic N) is 2. The van der Waals surface area contributed by atoms with Crippen molar-refractivity contribution < 1.29 is 53.1 Å². The number of nitrogens with one attached hydrogen (secondary N) is 9. The van der Waals surface area contributed by atoms with Crippen molar-refractivity contribution in [2.24, 2.45) is 11.5 Å². The van der Waals surface area contributed by atoms with Crippen LogP contribution in [0.15, 0.2) is 122 Å². The Kier molecular flexibility index (Phi) is 21.4. The van der Waals surface area contributed by atoms with E-state index in [0.29, 0.717) is 35.1 Å². The minimum Gasteiger partial charge on any atom is -0.481 e. The number of carbonyl (C=O) groups excluding carboxylic acids is 9. The zero-order chi connectivity index (χ0) is 62.3. The van der Waals surface area contributed by atoms with Gasteiger partial charge in [0.15, 0.2) is 0 Å². The number of nitrogens with two attached hydrogens (primary N) is 2. The Labute approximate surface area is 508 Å². The summed E-state index contributed by atoms with van der Waals surface area (Å²) >= 11 is 0. The van der Waals surface area contributed by atoms with Crippen LogP contribution in [0, 0.1) is 0 Å². The molecule has 0 spiro atoms. The van der Waals surface area contributed by atoms with Crippen molar-refractivity contribution in [1.29, 1.82) is 0 Å². The van der Waals surface area contributed by atoms with E-state index in [1.54, 1.807) is 73.1 Å². The van der Waals surface area contributed by atoms with Crippen molar-refractivity contribution in [3.8, 4) is 0 Å². The highest BCUT2D eigenvalue weighted by atomic mass is 16.4. The van der Waals surface area contributed by atoms with Crippen LogP contribution < -0.4 is 48.7 Å². The molecule has 0 radical (unpaired) electrons. The van der Waals surface area contributed by atoms with Crippen LogP contribution in [-0.2, 0) is 73.6 Å². The molecule has 0 saturated carbocycles. The number of benzene rings is 4. The summed E-state index contributed by atoms with van der Waals surface area (Å²) in [5.41, 5.74) is 16.0. The average Bonchev–Trinajstić information content (AvgIpc) is 3.22. The van der Waals surface area contributed by atoms with E-state index in [1.165, 1.54) is 9.80 Å². The average molecular weight is 1200 g/mol. The normalized spacial score (nSPS) is 24.1. The largest absolute Gasteiger partial charge is 0.481 e. The Morgan fingerprint density at radius 1 is 0.432 bits per heavy atom. The van der Waals surface area contributed by atoms with Gasteiger partial charge >= 0.3 is 5.97 Å². The Hall–Kier alpha value is -9.42. The second kappa shape index (κ2) is 29.8. The summed E-state index contributed by atoms with van der Waals surface area (Å²) in [6.45, 7) is 0.344. The van der Waals surface area contributed by atoms with Crippen LogP contribution in [0.2, 0.25) is 0 Å². The van der Waals surface area contributed by atoms with Gasteiger partial charge in [0.05, 0.1) is 6.42 Å². The fraction of sp³-hybridized carbons (Fsp3) is 0.406. The fourth-order valence-corrected chi connectivity index (χ4v) is 12.0. The molecule has 3 aliphatic rings. The van der Waals surface area contributed by atoms with Gasteiger partial charge in [-0.05, 0) is 98.8 Å². The number of aliphatic carboxylic acids is 1. The van der Waals surface area contributed by atoms with E-state index in [4.69, 9.17) is 11.5 Å². The predicted molar refractivity (Wildman–Crippen MR) is 326 cm³/mol. The fourth-order valence-electron chi connectivity index (χ4n) is 12.0. The van der Waals surface area contributed by atoms with E-state index in [-0.39, 0.29) is 90.4 Å². The highest BCUT2D eigenvalue weighted by Crippen LogP contribution is 2.25. The summed E-state index contributed by atoms with van der Waals surface area (Å²) in [5, 5.41) is 31.2. The van der Waals surface area contributed by atoms with Crippen LogP contribution in [0.25, 0.3) is 21.8 Å². The lowest BCUT2D eigenvalue weighted by Crippen LogP contribution is -2.60. The van der Waals surface area contributed by atoms with Gasteiger partial charge in [0.25, 0.3) is 0 Å². The van der Waals surface area contributed by atoms with Gasteiger partial charge in [-0.1, -0.05) is 97.1 Å². The second-order valence-corrected chi connectivity index (χ2v) is 22.8. The van der Waals surface area contributed by atoms with Crippen LogP contribution in [0.4, 0.5) is 0 Å². The van der Waals surface area contributed by atoms with Crippen LogP contribution in [0.5, 0.6) is 0 Å². The Balaban J connectivity index is 1.11. The monoisotopic (exact) mass is 1200 g/mol. The van der Waals surface area contributed by atoms with Gasteiger partial charge < -0.3 is 73.6 Å². The molecule has 24 nitrogen and oxygen atoms in total. The number of fused-ring (bicyclic) bond motifs is 4. The summed E-state index contributed by atoms with van der Waals surface area (Å²) in [4.78, 5) is 156. The van der Waals surface area contributed by atoms with E-state index >= 15 is 19.2 Å². The summed E-state index contributed by atoms with van der Waals surface area (Å²) in [6, 6.07) is 20.0. The van der Waals surface area contributed by atoms with Gasteiger partial charge in [0.1, 0.15) is 54.4 Å². The molecule has 6 aromatic rings. The van der Waals surface area contributed by atoms with Crippen molar-refractivity contribution in [3.05, 3.63) is 144 Å². The number of hydrogen-bond donors (Lipinski definition) is 12. The number of H-pyrrole nitrogens is 2. The molecular formula is C64H77N13O11. The van der Waals surface area contributed by atoms with E-state index in [2.05, 4.69) is 47.2 Å². The Morgan fingerprint density at radius 2 is 0.784 bits per heavy atom. The summed E-state index contributed by atoms with van der Waals surface area (Å²) in [7, 11) is 0. The standard InChI is InChI=1S/C64H77N13O11/c65-27-11-23-46-56(80)71-48(33-40-36-67-44-21-9-7-19-42(40)44)58(82)74-51(31-38-15-3-1-4-16-38)63(87)76-29-13-25-53(76)61(85)70-47(24-12-28-66)57(81)72-49(34-41-37-68-45-22-10-8-20-43(41)45)59(83)75-52(32-39-17-5-2-6-18-39)64(88)77-30-14-26-54(77)62(86)73-50(35-55(78)79)60(84)69-46/h1-10,15-22,36-37,46-54,67-68H,11-14,23-35,65-66H2,(H,69,84)(H,70,85)(H,71,80)(H,72,81)(H,73,86)(H,74,82)(H,75,83)(H,78,79)/t46-,47-,48-,49-,50-,51+,52+,53-,54-/m0/s1. The summed E-state index contributed by atoms with van der Waals surface area (Å²) in [5.74, 6) is -8.55. The minimum atomic E-state index is -1.79. The maximum Gasteiger partial charge on any atom is 0.305 e. The van der Waals surface area contributed by atoms with E-state index < -0.39 is 120 Å². The first-order valence-electron chi connectivity index (χ1n) is 30.1. The lowest BCUT2D eigenvalue weighted by molar-refractivity contribution is -0.144. The number of amides is 9. The van der Waals surface area contributed by atoms with E-state index in [1.807, 2.05) is 48.5 Å². The molecule has 3 aliphatic heterocycles. The molecule has 14 N–H and O–H groups in total. The minimum absolute atomic E-state index is 0.0292. The van der Waals surface area contributed by atoms with Crippen LogP contribution in [-0.4, -0.2) is 165 Å².